The monoisotopic (exact) mass is 322 g/mol. The number of ether oxygens (including phenoxy) is 1. The van der Waals surface area contributed by atoms with Crippen LogP contribution >= 0.6 is 11.8 Å². The van der Waals surface area contributed by atoms with Gasteiger partial charge in [-0.25, -0.2) is 8.42 Å². The molecule has 2 aromatic rings. The summed E-state index contributed by atoms with van der Waals surface area (Å²) in [5, 5.41) is 9.45. The summed E-state index contributed by atoms with van der Waals surface area (Å²) in [6.07, 6.45) is 0. The minimum Gasteiger partial charge on any atom is -0.508 e. The summed E-state index contributed by atoms with van der Waals surface area (Å²) in [6, 6.07) is 12.8. The van der Waals surface area contributed by atoms with Gasteiger partial charge in [-0.15, -0.1) is 0 Å². The SMILES string of the molecule is O=S(=O)(C[C@H]1CS1)c1ccc(Oc2ccc(O)cc2)cc1. The fraction of sp³-hybridized carbons (Fsp3) is 0.200. The second-order valence-electron chi connectivity index (χ2n) is 4.80. The van der Waals surface area contributed by atoms with Crippen molar-refractivity contribution in [2.24, 2.45) is 0 Å². The van der Waals surface area contributed by atoms with Crippen molar-refractivity contribution >= 4 is 21.6 Å². The molecule has 1 aliphatic heterocycles. The van der Waals surface area contributed by atoms with Crippen molar-refractivity contribution in [3.63, 3.8) is 0 Å². The van der Waals surface area contributed by atoms with Crippen molar-refractivity contribution in [1.82, 2.24) is 0 Å². The Hall–Kier alpha value is -1.66. The summed E-state index contributed by atoms with van der Waals surface area (Å²) in [6.45, 7) is 0. The van der Waals surface area contributed by atoms with E-state index in [2.05, 4.69) is 0 Å². The van der Waals surface area contributed by atoms with Gasteiger partial charge in [-0.05, 0) is 48.5 Å². The van der Waals surface area contributed by atoms with Gasteiger partial charge in [0.25, 0.3) is 0 Å². The number of phenolic OH excluding ortho intramolecular Hbond substituents is 1. The maximum Gasteiger partial charge on any atom is 0.179 e. The minimum atomic E-state index is -3.20. The van der Waals surface area contributed by atoms with Crippen molar-refractivity contribution in [2.45, 2.75) is 10.1 Å². The van der Waals surface area contributed by atoms with Crippen LogP contribution in [0.3, 0.4) is 0 Å². The lowest BCUT2D eigenvalue weighted by Crippen LogP contribution is -2.10. The first-order valence-electron chi connectivity index (χ1n) is 6.44. The summed E-state index contributed by atoms with van der Waals surface area (Å²) in [5.74, 6) is 2.44. The van der Waals surface area contributed by atoms with E-state index < -0.39 is 9.84 Å². The second-order valence-corrected chi connectivity index (χ2v) is 8.17. The molecule has 1 saturated heterocycles. The molecule has 0 aromatic heterocycles. The first-order valence-corrected chi connectivity index (χ1v) is 9.14. The Morgan fingerprint density at radius 3 is 2.10 bits per heavy atom. The lowest BCUT2D eigenvalue weighted by atomic mass is 10.3. The summed E-state index contributed by atoms with van der Waals surface area (Å²) < 4.78 is 29.8. The number of hydrogen-bond donors (Lipinski definition) is 1. The van der Waals surface area contributed by atoms with Crippen molar-refractivity contribution in [3.05, 3.63) is 48.5 Å². The molecule has 3 rings (SSSR count). The predicted molar refractivity (Wildman–Crippen MR) is 82.9 cm³/mol. The average molecular weight is 322 g/mol. The number of phenols is 1. The van der Waals surface area contributed by atoms with E-state index >= 15 is 0 Å². The molecule has 6 heteroatoms. The molecule has 0 amide bonds. The van der Waals surface area contributed by atoms with Gasteiger partial charge in [-0.1, -0.05) is 0 Å². The van der Waals surface area contributed by atoms with E-state index in [4.69, 9.17) is 4.74 Å². The molecule has 4 nitrogen and oxygen atoms in total. The Morgan fingerprint density at radius 2 is 1.57 bits per heavy atom. The topological polar surface area (TPSA) is 63.6 Å². The van der Waals surface area contributed by atoms with E-state index in [1.54, 1.807) is 48.2 Å². The highest BCUT2D eigenvalue weighted by atomic mass is 32.2. The molecule has 1 aliphatic rings. The first-order chi connectivity index (χ1) is 10.0. The number of rotatable bonds is 5. The van der Waals surface area contributed by atoms with Gasteiger partial charge in [0.05, 0.1) is 10.6 Å². The van der Waals surface area contributed by atoms with E-state index in [9.17, 15) is 13.5 Å². The van der Waals surface area contributed by atoms with Gasteiger partial charge >= 0.3 is 0 Å². The zero-order valence-corrected chi connectivity index (χ0v) is 12.7. The number of benzene rings is 2. The highest BCUT2D eigenvalue weighted by Gasteiger charge is 2.29. The molecule has 21 heavy (non-hydrogen) atoms. The Bertz CT molecular complexity index is 717. The molecular formula is C15H14O4S2. The second kappa shape index (κ2) is 5.61. The van der Waals surface area contributed by atoms with Crippen LogP contribution in [0.2, 0.25) is 0 Å². The largest absolute Gasteiger partial charge is 0.508 e. The molecule has 0 spiro atoms. The van der Waals surface area contributed by atoms with Gasteiger partial charge in [0.2, 0.25) is 0 Å². The van der Waals surface area contributed by atoms with Crippen molar-refractivity contribution < 1.29 is 18.3 Å². The molecule has 0 radical (unpaired) electrons. The van der Waals surface area contributed by atoms with Crippen LogP contribution < -0.4 is 4.74 Å². The molecule has 0 bridgehead atoms. The summed E-state index contributed by atoms with van der Waals surface area (Å²) in [4.78, 5) is 0.327. The maximum atomic E-state index is 12.1. The lowest BCUT2D eigenvalue weighted by Gasteiger charge is -2.07. The fourth-order valence-electron chi connectivity index (χ4n) is 1.87. The van der Waals surface area contributed by atoms with Crippen LogP contribution in [0.15, 0.2) is 53.4 Å². The van der Waals surface area contributed by atoms with Crippen LogP contribution in [0, 0.1) is 0 Å². The molecule has 0 saturated carbocycles. The van der Waals surface area contributed by atoms with E-state index in [1.165, 1.54) is 12.1 Å². The zero-order valence-electron chi connectivity index (χ0n) is 11.1. The van der Waals surface area contributed by atoms with Crippen LogP contribution in [0.5, 0.6) is 17.2 Å². The van der Waals surface area contributed by atoms with Gasteiger partial charge in [0.15, 0.2) is 9.84 Å². The molecule has 1 fully saturated rings. The number of aromatic hydroxyl groups is 1. The van der Waals surface area contributed by atoms with E-state index in [0.29, 0.717) is 16.4 Å². The Morgan fingerprint density at radius 1 is 1.05 bits per heavy atom. The molecule has 1 heterocycles. The summed E-state index contributed by atoms with van der Waals surface area (Å²) in [7, 11) is -3.20. The van der Waals surface area contributed by atoms with Crippen molar-refractivity contribution in [1.29, 1.82) is 0 Å². The van der Waals surface area contributed by atoms with Gasteiger partial charge in [-0.3, -0.25) is 0 Å². The third-order valence-electron chi connectivity index (χ3n) is 3.06. The number of thioether (sulfide) groups is 1. The molecule has 0 unspecified atom stereocenters. The molecule has 1 N–H and O–H groups in total. The zero-order chi connectivity index (χ0) is 14.9. The van der Waals surface area contributed by atoms with Crippen LogP contribution in [-0.4, -0.2) is 30.3 Å². The summed E-state index contributed by atoms with van der Waals surface area (Å²) >= 11 is 1.67. The quantitative estimate of drug-likeness (QED) is 0.857. The third kappa shape index (κ3) is 3.71. The molecule has 2 aromatic carbocycles. The highest BCUT2D eigenvalue weighted by Crippen LogP contribution is 2.33. The van der Waals surface area contributed by atoms with Crippen LogP contribution in [0.25, 0.3) is 0 Å². The molecular weight excluding hydrogens is 308 g/mol. The third-order valence-corrected chi connectivity index (χ3v) is 6.08. The van der Waals surface area contributed by atoms with Crippen molar-refractivity contribution in [3.8, 4) is 17.2 Å². The first kappa shape index (κ1) is 14.3. The van der Waals surface area contributed by atoms with Gasteiger partial charge in [0.1, 0.15) is 17.2 Å². The predicted octanol–water partition coefficient (Wildman–Crippen LogP) is 3.07. The maximum absolute atomic E-state index is 12.1. The standard InChI is InChI=1S/C15H14O4S2/c16-11-1-3-12(4-2-11)19-13-5-7-15(8-6-13)21(17,18)10-14-9-20-14/h1-8,14,16H,9-10H2/t14-/m1/s1. The number of sulfone groups is 1. The Labute approximate surface area is 127 Å². The molecule has 0 aliphatic carbocycles. The number of hydrogen-bond acceptors (Lipinski definition) is 5. The van der Waals surface area contributed by atoms with Crippen LogP contribution in [-0.2, 0) is 9.84 Å². The average Bonchev–Trinajstić information content (AvgIpc) is 3.25. The minimum absolute atomic E-state index is 0.168. The van der Waals surface area contributed by atoms with Gasteiger partial charge < -0.3 is 9.84 Å². The highest BCUT2D eigenvalue weighted by molar-refractivity contribution is 8.08. The van der Waals surface area contributed by atoms with E-state index in [0.717, 1.165) is 5.75 Å². The Kier molecular flexibility index (Phi) is 3.82. The normalized spacial score (nSPS) is 17.4. The van der Waals surface area contributed by atoms with Crippen molar-refractivity contribution in [2.75, 3.05) is 11.5 Å². The summed E-state index contributed by atoms with van der Waals surface area (Å²) in [5.41, 5.74) is 0. The van der Waals surface area contributed by atoms with Crippen LogP contribution in [0.4, 0.5) is 0 Å². The smallest absolute Gasteiger partial charge is 0.179 e. The Balaban J connectivity index is 1.72. The van der Waals surface area contributed by atoms with Gasteiger partial charge in [-0.2, -0.15) is 11.8 Å². The molecule has 1 atom stereocenters. The van der Waals surface area contributed by atoms with E-state index in [1.807, 2.05) is 0 Å². The van der Waals surface area contributed by atoms with E-state index in [-0.39, 0.29) is 16.8 Å². The molecule has 110 valence electrons. The lowest BCUT2D eigenvalue weighted by molar-refractivity contribution is 0.464. The van der Waals surface area contributed by atoms with Gasteiger partial charge in [0, 0.05) is 11.0 Å². The van der Waals surface area contributed by atoms with Crippen LogP contribution in [0.1, 0.15) is 0 Å². The fourth-order valence-corrected chi connectivity index (χ4v) is 4.55.